The van der Waals surface area contributed by atoms with E-state index in [1.54, 1.807) is 0 Å². The van der Waals surface area contributed by atoms with Gasteiger partial charge in [0.25, 0.3) is 0 Å². The van der Waals surface area contributed by atoms with Crippen molar-refractivity contribution in [3.63, 3.8) is 0 Å². The van der Waals surface area contributed by atoms with E-state index < -0.39 is 22.8 Å². The summed E-state index contributed by atoms with van der Waals surface area (Å²) in [5, 5.41) is 0. The van der Waals surface area contributed by atoms with Crippen LogP contribution < -0.4 is 29.4 Å². The Labute approximate surface area is 139 Å². The van der Waals surface area contributed by atoms with Crippen molar-refractivity contribution >= 4 is 22.8 Å². The second-order valence-corrected chi connectivity index (χ2v) is 8.34. The first kappa shape index (κ1) is 33.2. The molecule has 0 rings (SSSR count). The first-order chi connectivity index (χ1) is 7.68. The number of rotatable bonds is 3. The zero-order valence-electron chi connectivity index (χ0n) is 10.8. The van der Waals surface area contributed by atoms with Gasteiger partial charge >= 0.3 is 34.1 Å². The normalized spacial score (nSPS) is 10.7. The maximum Gasteiger partial charge on any atom is 3.00 e. The van der Waals surface area contributed by atoms with Crippen molar-refractivity contribution < 1.29 is 77.2 Å². The monoisotopic (exact) mass is 436 g/mol. The maximum absolute atomic E-state index is 9.47. The van der Waals surface area contributed by atoms with Gasteiger partial charge in [-0.25, -0.2) is 0 Å². The van der Waals surface area contributed by atoms with Gasteiger partial charge in [-0.15, -0.1) is 0 Å². The summed E-state index contributed by atoms with van der Waals surface area (Å²) in [4.78, 5) is 56.8. The fraction of sp³-hybridized carbons (Fsp3) is 1.00. The van der Waals surface area contributed by atoms with E-state index in [2.05, 4.69) is 0 Å². The van der Waals surface area contributed by atoms with Crippen LogP contribution in [0.1, 0.15) is 20.8 Å². The van der Waals surface area contributed by atoms with Crippen LogP contribution in [0, 0.1) is 0 Å². The van der Waals surface area contributed by atoms with Crippen LogP contribution in [-0.4, -0.2) is 18.5 Å². The molecule has 0 bridgehead atoms. The average molecular weight is 436 g/mol. The van der Waals surface area contributed by atoms with Gasteiger partial charge in [-0.1, -0.05) is 43.6 Å². The molecular weight excluding hydrogens is 421 g/mol. The molecular formula is C6H15Fe2O9P3. The summed E-state index contributed by atoms with van der Waals surface area (Å²) < 4.78 is 28.4. The molecule has 0 saturated heterocycles. The van der Waals surface area contributed by atoms with Crippen LogP contribution in [0.4, 0.5) is 0 Å². The van der Waals surface area contributed by atoms with Crippen molar-refractivity contribution in [3.05, 3.63) is 0 Å². The molecule has 0 amide bonds. The van der Waals surface area contributed by atoms with E-state index in [0.29, 0.717) is 0 Å². The maximum atomic E-state index is 9.47. The van der Waals surface area contributed by atoms with Crippen molar-refractivity contribution in [1.29, 1.82) is 0 Å². The third-order valence-corrected chi connectivity index (χ3v) is 3.49. The molecule has 0 aliphatic carbocycles. The van der Waals surface area contributed by atoms with Gasteiger partial charge in [0.05, 0.1) is 0 Å². The summed E-state index contributed by atoms with van der Waals surface area (Å²) in [5.41, 5.74) is 0. The Balaban J connectivity index is -0.0000000536. The fourth-order valence-electron chi connectivity index (χ4n) is 0. The standard InChI is InChI=1S/3C2H7O3P.2Fe/c3*1-2-6(3,4)5;;/h3*2H2,1H3,(H2,3,4,5);;/q;;;2*+3/p-6. The van der Waals surface area contributed by atoms with E-state index in [4.69, 9.17) is 0 Å². The number of hydrogen-bond acceptors (Lipinski definition) is 9. The molecule has 14 heteroatoms. The molecule has 0 heterocycles. The molecule has 0 aromatic carbocycles. The van der Waals surface area contributed by atoms with E-state index in [-0.39, 0.29) is 52.6 Å². The zero-order valence-corrected chi connectivity index (χ0v) is 15.7. The van der Waals surface area contributed by atoms with E-state index in [1.165, 1.54) is 20.8 Å². The molecule has 2 radical (unpaired) electrons. The van der Waals surface area contributed by atoms with E-state index >= 15 is 0 Å². The molecule has 124 valence electrons. The van der Waals surface area contributed by atoms with Gasteiger partial charge in [-0.2, -0.15) is 0 Å². The van der Waals surface area contributed by atoms with E-state index in [1.807, 2.05) is 0 Å². The quantitative estimate of drug-likeness (QED) is 0.323. The second kappa shape index (κ2) is 15.4. The molecule has 0 aromatic rings. The third kappa shape index (κ3) is 60.6. The average Bonchev–Trinajstić information content (AvgIpc) is 2.16. The van der Waals surface area contributed by atoms with Crippen molar-refractivity contribution in [2.75, 3.05) is 18.5 Å². The summed E-state index contributed by atoms with van der Waals surface area (Å²) >= 11 is 0. The van der Waals surface area contributed by atoms with Crippen LogP contribution in [0.2, 0.25) is 0 Å². The fourth-order valence-corrected chi connectivity index (χ4v) is 0. The Morgan fingerprint density at radius 1 is 0.550 bits per heavy atom. The minimum absolute atomic E-state index is 0. The first-order valence-corrected chi connectivity index (χ1v) is 9.90. The third-order valence-electron chi connectivity index (χ3n) is 1.16. The molecule has 0 fully saturated rings. The minimum atomic E-state index is -4.15. The first-order valence-electron chi connectivity index (χ1n) is 4.71. The van der Waals surface area contributed by atoms with Gasteiger partial charge < -0.3 is 43.1 Å². The van der Waals surface area contributed by atoms with Crippen LogP contribution in [0.25, 0.3) is 0 Å². The van der Waals surface area contributed by atoms with Crippen molar-refractivity contribution in [2.45, 2.75) is 20.8 Å². The summed E-state index contributed by atoms with van der Waals surface area (Å²) in [5.74, 6) is 0. The summed E-state index contributed by atoms with van der Waals surface area (Å²) in [6.07, 6.45) is -0.854. The molecule has 0 atom stereocenters. The Bertz CT molecular complexity index is 280. The second-order valence-electron chi connectivity index (χ2n) is 2.78. The van der Waals surface area contributed by atoms with Crippen LogP contribution >= 0.6 is 22.8 Å². The summed E-state index contributed by atoms with van der Waals surface area (Å²) in [6, 6.07) is 0. The molecule has 9 nitrogen and oxygen atoms in total. The predicted molar refractivity (Wildman–Crippen MR) is 54.4 cm³/mol. The van der Waals surface area contributed by atoms with Crippen LogP contribution in [0.5, 0.6) is 0 Å². The summed E-state index contributed by atoms with van der Waals surface area (Å²) in [6.45, 7) is 3.96. The number of hydrogen-bond donors (Lipinski definition) is 0. The van der Waals surface area contributed by atoms with Gasteiger partial charge in [0.15, 0.2) is 0 Å². The largest absolute Gasteiger partial charge is 3.00 e. The molecule has 0 spiro atoms. The molecule has 0 saturated carbocycles. The Hall–Kier alpha value is 1.49. The van der Waals surface area contributed by atoms with Gasteiger partial charge in [-0.05, 0) is 18.5 Å². The molecule has 0 aromatic heterocycles. The molecule has 0 N–H and O–H groups in total. The molecule has 0 aliphatic heterocycles. The van der Waals surface area contributed by atoms with Gasteiger partial charge in [-0.3, -0.25) is 0 Å². The zero-order chi connectivity index (χ0) is 15.6. The van der Waals surface area contributed by atoms with Crippen LogP contribution in [-0.2, 0) is 47.8 Å². The van der Waals surface area contributed by atoms with E-state index in [0.717, 1.165) is 0 Å². The van der Waals surface area contributed by atoms with E-state index in [9.17, 15) is 43.1 Å². The summed E-state index contributed by atoms with van der Waals surface area (Å²) in [7, 11) is -12.4. The topological polar surface area (TPSA) is 190 Å². The Morgan fingerprint density at radius 2 is 0.600 bits per heavy atom. The van der Waals surface area contributed by atoms with Crippen molar-refractivity contribution in [2.24, 2.45) is 0 Å². The minimum Gasteiger partial charge on any atom is -0.811 e. The van der Waals surface area contributed by atoms with Crippen molar-refractivity contribution in [3.8, 4) is 0 Å². The van der Waals surface area contributed by atoms with Gasteiger partial charge in [0.1, 0.15) is 0 Å². The molecule has 20 heavy (non-hydrogen) atoms. The SMILES string of the molecule is CCP(=O)([O-])[O-].CCP(=O)([O-])[O-].CCP(=O)([O-])[O-].[Fe+3].[Fe+3]. The Kier molecular flexibility index (Phi) is 25.5. The molecule has 0 unspecified atom stereocenters. The predicted octanol–water partition coefficient (Wildman–Crippen LogP) is -3.24. The van der Waals surface area contributed by atoms with Crippen molar-refractivity contribution in [1.82, 2.24) is 0 Å². The smallest absolute Gasteiger partial charge is 0.811 e. The van der Waals surface area contributed by atoms with Crippen LogP contribution in [0.15, 0.2) is 0 Å². The van der Waals surface area contributed by atoms with Crippen LogP contribution in [0.3, 0.4) is 0 Å². The Morgan fingerprint density at radius 3 is 0.600 bits per heavy atom. The molecule has 0 aliphatic rings. The van der Waals surface area contributed by atoms with Gasteiger partial charge in [0.2, 0.25) is 0 Å². The van der Waals surface area contributed by atoms with Gasteiger partial charge in [0, 0.05) is 0 Å².